The van der Waals surface area contributed by atoms with Crippen molar-refractivity contribution in [3.05, 3.63) is 33.5 Å². The third-order valence-electron chi connectivity index (χ3n) is 1.84. The van der Waals surface area contributed by atoms with Crippen molar-refractivity contribution in [3.8, 4) is 0 Å². The monoisotopic (exact) mass is 304 g/mol. The maximum atomic E-state index is 11.4. The predicted octanol–water partition coefficient (Wildman–Crippen LogP) is 2.53. The number of carbonyl (C=O) groups excluding carboxylic acids is 1. The van der Waals surface area contributed by atoms with Gasteiger partial charge in [0.25, 0.3) is 5.91 Å². The molecule has 0 spiro atoms. The van der Waals surface area contributed by atoms with Gasteiger partial charge in [0.15, 0.2) is 0 Å². The van der Waals surface area contributed by atoms with Crippen molar-refractivity contribution in [1.82, 2.24) is 10.0 Å². The molecule has 0 aromatic carbocycles. The average Bonchev–Trinajstić information content (AvgIpc) is 2.28. The normalized spacial score (nSPS) is 10.8. The van der Waals surface area contributed by atoms with Gasteiger partial charge in [-0.2, -0.15) is 0 Å². The van der Waals surface area contributed by atoms with Gasteiger partial charge in [0.2, 0.25) is 0 Å². The molecule has 0 saturated carbocycles. The van der Waals surface area contributed by atoms with Crippen molar-refractivity contribution in [2.45, 2.75) is 0 Å². The lowest BCUT2D eigenvalue weighted by atomic mass is 10.2. The first kappa shape index (κ1) is 13.2. The van der Waals surface area contributed by atoms with Crippen molar-refractivity contribution in [1.29, 1.82) is 0 Å². The Morgan fingerprint density at radius 3 is 3.00 bits per heavy atom. The van der Waals surface area contributed by atoms with Crippen LogP contribution in [0, 0.1) is 0 Å². The molecule has 86 valence electrons. The smallest absolute Gasteiger partial charge is 0.269 e. The summed E-state index contributed by atoms with van der Waals surface area (Å²) in [7, 11) is 2.95. The molecule has 1 heterocycles. The van der Waals surface area contributed by atoms with Gasteiger partial charge in [-0.15, -0.1) is 0 Å². The highest BCUT2D eigenvalue weighted by atomic mass is 79.9. The summed E-state index contributed by atoms with van der Waals surface area (Å²) in [6.07, 6.45) is 4.60. The number of rotatable bonds is 3. The Morgan fingerprint density at radius 2 is 2.38 bits per heavy atom. The fraction of sp³-hybridized carbons (Fsp3) is 0.200. The molecule has 1 rings (SSSR count). The topological polar surface area (TPSA) is 42.4 Å². The molecular weight excluding hydrogens is 295 g/mol. The standard InChI is InChI=1S/C10H10BrClN2O2/c1-14(16-2)10(15)4-3-7-5-9(12)13-6-8(7)11/h3-6H,1-2H3/b4-3+. The fourth-order valence-corrected chi connectivity index (χ4v) is 1.43. The minimum atomic E-state index is -0.262. The highest BCUT2D eigenvalue weighted by Crippen LogP contribution is 2.19. The molecule has 0 fully saturated rings. The zero-order chi connectivity index (χ0) is 12.1. The molecule has 0 unspecified atom stereocenters. The Labute approximate surface area is 107 Å². The molecule has 0 aliphatic heterocycles. The first-order valence-electron chi connectivity index (χ1n) is 4.35. The van der Waals surface area contributed by atoms with Gasteiger partial charge in [-0.05, 0) is 33.6 Å². The van der Waals surface area contributed by atoms with Crippen LogP contribution in [0.1, 0.15) is 5.56 Å². The van der Waals surface area contributed by atoms with Crippen LogP contribution in [0.25, 0.3) is 6.08 Å². The van der Waals surface area contributed by atoms with E-state index in [-0.39, 0.29) is 5.91 Å². The SMILES string of the molecule is CON(C)C(=O)/C=C/c1cc(Cl)ncc1Br. The van der Waals surface area contributed by atoms with E-state index in [1.807, 2.05) is 0 Å². The van der Waals surface area contributed by atoms with E-state index in [2.05, 4.69) is 20.9 Å². The first-order chi connectivity index (χ1) is 7.54. The Hall–Kier alpha value is -0.910. The Morgan fingerprint density at radius 1 is 1.69 bits per heavy atom. The van der Waals surface area contributed by atoms with Crippen LogP contribution in [-0.4, -0.2) is 30.1 Å². The number of nitrogens with zero attached hydrogens (tertiary/aromatic N) is 2. The number of pyridine rings is 1. The molecular formula is C10H10BrClN2O2. The molecule has 4 nitrogen and oxygen atoms in total. The predicted molar refractivity (Wildman–Crippen MR) is 65.8 cm³/mol. The van der Waals surface area contributed by atoms with Crippen molar-refractivity contribution >= 4 is 39.5 Å². The second kappa shape index (κ2) is 5.98. The highest BCUT2D eigenvalue weighted by molar-refractivity contribution is 9.10. The van der Waals surface area contributed by atoms with Gasteiger partial charge in [-0.3, -0.25) is 9.63 Å². The maximum absolute atomic E-state index is 11.4. The summed E-state index contributed by atoms with van der Waals surface area (Å²) in [5.74, 6) is -0.262. The van der Waals surface area contributed by atoms with E-state index in [0.717, 1.165) is 15.1 Å². The van der Waals surface area contributed by atoms with Gasteiger partial charge in [-0.25, -0.2) is 10.0 Å². The maximum Gasteiger partial charge on any atom is 0.269 e. The zero-order valence-corrected chi connectivity index (χ0v) is 11.1. The highest BCUT2D eigenvalue weighted by Gasteiger charge is 2.03. The van der Waals surface area contributed by atoms with Crippen molar-refractivity contribution in [3.63, 3.8) is 0 Å². The quantitative estimate of drug-likeness (QED) is 0.489. The van der Waals surface area contributed by atoms with E-state index in [9.17, 15) is 4.79 Å². The molecule has 0 N–H and O–H groups in total. The van der Waals surface area contributed by atoms with Gasteiger partial charge in [0, 0.05) is 23.8 Å². The summed E-state index contributed by atoms with van der Waals surface area (Å²) >= 11 is 9.04. The molecule has 0 atom stereocenters. The van der Waals surface area contributed by atoms with Gasteiger partial charge in [0.1, 0.15) is 5.15 Å². The van der Waals surface area contributed by atoms with Crippen LogP contribution < -0.4 is 0 Å². The van der Waals surface area contributed by atoms with Crippen LogP contribution in [0.2, 0.25) is 5.15 Å². The number of halogens is 2. The molecule has 16 heavy (non-hydrogen) atoms. The molecule has 0 radical (unpaired) electrons. The summed E-state index contributed by atoms with van der Waals surface area (Å²) in [6.45, 7) is 0. The number of likely N-dealkylation sites (N-methyl/N-ethyl adjacent to an activating group) is 1. The molecule has 1 amide bonds. The Balaban J connectivity index is 2.84. The van der Waals surface area contributed by atoms with E-state index in [0.29, 0.717) is 5.15 Å². The molecule has 0 aliphatic carbocycles. The lowest BCUT2D eigenvalue weighted by molar-refractivity contribution is -0.162. The Kier molecular flexibility index (Phi) is 4.92. The zero-order valence-electron chi connectivity index (χ0n) is 8.78. The van der Waals surface area contributed by atoms with Gasteiger partial charge >= 0.3 is 0 Å². The number of hydrogen-bond donors (Lipinski definition) is 0. The second-order valence-corrected chi connectivity index (χ2v) is 4.12. The van der Waals surface area contributed by atoms with E-state index in [1.54, 1.807) is 18.3 Å². The first-order valence-corrected chi connectivity index (χ1v) is 5.52. The van der Waals surface area contributed by atoms with Crippen LogP contribution >= 0.6 is 27.5 Å². The molecule has 0 aliphatic rings. The number of carbonyl (C=O) groups is 1. The lowest BCUT2D eigenvalue weighted by Gasteiger charge is -2.10. The van der Waals surface area contributed by atoms with Crippen molar-refractivity contribution < 1.29 is 9.63 Å². The molecule has 6 heteroatoms. The number of aromatic nitrogens is 1. The van der Waals surface area contributed by atoms with Crippen molar-refractivity contribution in [2.75, 3.05) is 14.2 Å². The van der Waals surface area contributed by atoms with Gasteiger partial charge in [-0.1, -0.05) is 11.6 Å². The Bertz CT molecular complexity index is 423. The van der Waals surface area contributed by atoms with Gasteiger partial charge < -0.3 is 0 Å². The largest absolute Gasteiger partial charge is 0.274 e. The minimum Gasteiger partial charge on any atom is -0.274 e. The molecule has 1 aromatic rings. The van der Waals surface area contributed by atoms with E-state index >= 15 is 0 Å². The van der Waals surface area contributed by atoms with Crippen LogP contribution in [0.5, 0.6) is 0 Å². The van der Waals surface area contributed by atoms with E-state index < -0.39 is 0 Å². The molecule has 0 saturated heterocycles. The summed E-state index contributed by atoms with van der Waals surface area (Å²) in [4.78, 5) is 20.0. The summed E-state index contributed by atoms with van der Waals surface area (Å²) in [5.41, 5.74) is 0.776. The third-order valence-corrected chi connectivity index (χ3v) is 2.71. The average molecular weight is 306 g/mol. The van der Waals surface area contributed by atoms with E-state index in [1.165, 1.54) is 20.2 Å². The number of hydrogen-bond acceptors (Lipinski definition) is 3. The molecule has 1 aromatic heterocycles. The number of hydroxylamine groups is 2. The molecule has 0 bridgehead atoms. The minimum absolute atomic E-state index is 0.262. The van der Waals surface area contributed by atoms with Crippen LogP contribution in [0.4, 0.5) is 0 Å². The lowest BCUT2D eigenvalue weighted by Crippen LogP contribution is -2.22. The summed E-state index contributed by atoms with van der Waals surface area (Å²) < 4.78 is 0.765. The van der Waals surface area contributed by atoms with E-state index in [4.69, 9.17) is 16.4 Å². The van der Waals surface area contributed by atoms with Gasteiger partial charge in [0.05, 0.1) is 7.11 Å². The van der Waals surface area contributed by atoms with Crippen LogP contribution in [0.3, 0.4) is 0 Å². The number of amides is 1. The van der Waals surface area contributed by atoms with Crippen molar-refractivity contribution in [2.24, 2.45) is 0 Å². The van der Waals surface area contributed by atoms with Crippen LogP contribution in [0.15, 0.2) is 22.8 Å². The third kappa shape index (κ3) is 3.59. The fourth-order valence-electron chi connectivity index (χ4n) is 0.911. The summed E-state index contributed by atoms with van der Waals surface area (Å²) in [5, 5.41) is 1.49. The van der Waals surface area contributed by atoms with Crippen LogP contribution in [-0.2, 0) is 9.63 Å². The second-order valence-electron chi connectivity index (χ2n) is 2.88. The summed E-state index contributed by atoms with van der Waals surface area (Å²) in [6, 6.07) is 1.65.